The summed E-state index contributed by atoms with van der Waals surface area (Å²) in [4.78, 5) is 11.8. The summed E-state index contributed by atoms with van der Waals surface area (Å²) in [5.41, 5.74) is 2.55. The van der Waals surface area contributed by atoms with Crippen LogP contribution in [0.3, 0.4) is 0 Å². The quantitative estimate of drug-likeness (QED) is 0.834. The molecule has 1 atom stereocenters. The molecule has 0 aromatic heterocycles. The molecule has 3 heteroatoms. The minimum absolute atomic E-state index is 0.153. The van der Waals surface area contributed by atoms with Gasteiger partial charge in [-0.15, -0.1) is 0 Å². The van der Waals surface area contributed by atoms with E-state index >= 15 is 0 Å². The van der Waals surface area contributed by atoms with E-state index < -0.39 is 0 Å². The van der Waals surface area contributed by atoms with Crippen LogP contribution in [0.15, 0.2) is 24.3 Å². The van der Waals surface area contributed by atoms with E-state index in [9.17, 15) is 4.79 Å². The molecule has 1 saturated heterocycles. The first-order valence-corrected chi connectivity index (χ1v) is 6.86. The molecular weight excluding hydrogens is 224 g/mol. The molecule has 0 radical (unpaired) electrons. The zero-order valence-electron chi connectivity index (χ0n) is 11.0. The monoisotopic (exact) mass is 246 g/mol. The number of hydrogen-bond donors (Lipinski definition) is 2. The molecule has 1 aliphatic heterocycles. The Hall–Kier alpha value is -1.35. The van der Waals surface area contributed by atoms with Crippen LogP contribution in [0.2, 0.25) is 0 Å². The molecule has 1 aromatic carbocycles. The van der Waals surface area contributed by atoms with Gasteiger partial charge in [0, 0.05) is 19.0 Å². The summed E-state index contributed by atoms with van der Waals surface area (Å²) < 4.78 is 0. The Morgan fingerprint density at radius 3 is 2.83 bits per heavy atom. The van der Waals surface area contributed by atoms with Crippen LogP contribution in [-0.2, 0) is 17.8 Å². The molecule has 1 amide bonds. The molecular formula is C15H22N2O. The minimum Gasteiger partial charge on any atom is -0.352 e. The summed E-state index contributed by atoms with van der Waals surface area (Å²) in [7, 11) is 0. The highest BCUT2D eigenvalue weighted by Crippen LogP contribution is 2.10. The first-order valence-electron chi connectivity index (χ1n) is 6.86. The van der Waals surface area contributed by atoms with Crippen LogP contribution in [-0.4, -0.2) is 18.5 Å². The Bertz CT molecular complexity index is 397. The maximum Gasteiger partial charge on any atom is 0.221 e. The lowest BCUT2D eigenvalue weighted by molar-refractivity contribution is -0.121. The van der Waals surface area contributed by atoms with Gasteiger partial charge in [0.25, 0.3) is 0 Å². The van der Waals surface area contributed by atoms with E-state index in [0.29, 0.717) is 19.0 Å². The molecule has 0 saturated carbocycles. The first-order chi connectivity index (χ1) is 8.79. The summed E-state index contributed by atoms with van der Waals surface area (Å²) in [6.45, 7) is 3.84. The third-order valence-electron chi connectivity index (χ3n) is 3.57. The Balaban J connectivity index is 1.81. The van der Waals surface area contributed by atoms with Crippen molar-refractivity contribution in [3.63, 3.8) is 0 Å². The normalized spacial score (nSPS) is 18.8. The standard InChI is InChI=1S/C15H22N2O/c1-2-12-6-3-4-7-13(12)11-17-15(18)10-14-8-5-9-16-14/h3-4,6-7,14,16H,2,5,8-11H2,1H3,(H,17,18). The van der Waals surface area contributed by atoms with Crippen LogP contribution >= 0.6 is 0 Å². The van der Waals surface area contributed by atoms with E-state index in [0.717, 1.165) is 19.4 Å². The molecule has 3 nitrogen and oxygen atoms in total. The van der Waals surface area contributed by atoms with Crippen LogP contribution in [0.25, 0.3) is 0 Å². The second-order valence-electron chi connectivity index (χ2n) is 4.90. The van der Waals surface area contributed by atoms with Crippen LogP contribution in [0.5, 0.6) is 0 Å². The fourth-order valence-corrected chi connectivity index (χ4v) is 2.50. The lowest BCUT2D eigenvalue weighted by Gasteiger charge is -2.12. The maximum absolute atomic E-state index is 11.8. The predicted octanol–water partition coefficient (Wildman–Crippen LogP) is 2.01. The predicted molar refractivity (Wildman–Crippen MR) is 73.3 cm³/mol. The Morgan fingerprint density at radius 2 is 2.17 bits per heavy atom. The largest absolute Gasteiger partial charge is 0.352 e. The number of carbonyl (C=O) groups excluding carboxylic acids is 1. The van der Waals surface area contributed by atoms with Crippen molar-refractivity contribution in [1.29, 1.82) is 0 Å². The minimum atomic E-state index is 0.153. The fourth-order valence-electron chi connectivity index (χ4n) is 2.50. The Labute approximate surface area is 109 Å². The number of amides is 1. The molecule has 98 valence electrons. The van der Waals surface area contributed by atoms with Crippen molar-refractivity contribution in [2.24, 2.45) is 0 Å². The number of nitrogens with one attached hydrogen (secondary N) is 2. The second kappa shape index (κ2) is 6.55. The molecule has 1 unspecified atom stereocenters. The number of benzene rings is 1. The average molecular weight is 246 g/mol. The van der Waals surface area contributed by atoms with Gasteiger partial charge >= 0.3 is 0 Å². The Kier molecular flexibility index (Phi) is 4.76. The topological polar surface area (TPSA) is 41.1 Å². The van der Waals surface area contributed by atoms with Crippen molar-refractivity contribution in [3.8, 4) is 0 Å². The molecule has 18 heavy (non-hydrogen) atoms. The highest BCUT2D eigenvalue weighted by atomic mass is 16.1. The molecule has 1 heterocycles. The smallest absolute Gasteiger partial charge is 0.221 e. The fraction of sp³-hybridized carbons (Fsp3) is 0.533. The van der Waals surface area contributed by atoms with Gasteiger partial charge in [0.15, 0.2) is 0 Å². The van der Waals surface area contributed by atoms with E-state index in [2.05, 4.69) is 29.7 Å². The van der Waals surface area contributed by atoms with Crippen molar-refractivity contribution in [3.05, 3.63) is 35.4 Å². The summed E-state index contributed by atoms with van der Waals surface area (Å²) in [5.74, 6) is 0.153. The second-order valence-corrected chi connectivity index (χ2v) is 4.90. The lowest BCUT2D eigenvalue weighted by atomic mass is 10.1. The van der Waals surface area contributed by atoms with E-state index in [1.54, 1.807) is 0 Å². The van der Waals surface area contributed by atoms with Crippen molar-refractivity contribution in [2.45, 2.75) is 45.2 Å². The number of aryl methyl sites for hydroxylation is 1. The van der Waals surface area contributed by atoms with Crippen molar-refractivity contribution in [2.75, 3.05) is 6.54 Å². The SMILES string of the molecule is CCc1ccccc1CNC(=O)CC1CCCN1. The summed E-state index contributed by atoms with van der Waals surface area (Å²) in [6.07, 6.45) is 3.93. The maximum atomic E-state index is 11.8. The van der Waals surface area contributed by atoms with E-state index in [-0.39, 0.29) is 5.91 Å². The molecule has 2 rings (SSSR count). The van der Waals surface area contributed by atoms with Crippen LogP contribution in [0.1, 0.15) is 37.3 Å². The van der Waals surface area contributed by atoms with Crippen LogP contribution in [0.4, 0.5) is 0 Å². The van der Waals surface area contributed by atoms with Crippen LogP contribution < -0.4 is 10.6 Å². The molecule has 0 spiro atoms. The van der Waals surface area contributed by atoms with Gasteiger partial charge in [-0.2, -0.15) is 0 Å². The van der Waals surface area contributed by atoms with E-state index in [1.165, 1.54) is 17.5 Å². The van der Waals surface area contributed by atoms with Crippen molar-refractivity contribution < 1.29 is 4.79 Å². The molecule has 2 N–H and O–H groups in total. The molecule has 1 aliphatic rings. The van der Waals surface area contributed by atoms with Gasteiger partial charge in [0.2, 0.25) is 5.91 Å². The van der Waals surface area contributed by atoms with Gasteiger partial charge in [0.05, 0.1) is 0 Å². The number of hydrogen-bond acceptors (Lipinski definition) is 2. The van der Waals surface area contributed by atoms with Gasteiger partial charge in [-0.25, -0.2) is 0 Å². The molecule has 0 bridgehead atoms. The third-order valence-corrected chi connectivity index (χ3v) is 3.57. The lowest BCUT2D eigenvalue weighted by Crippen LogP contribution is -2.31. The zero-order valence-corrected chi connectivity index (χ0v) is 11.0. The van der Waals surface area contributed by atoms with Gasteiger partial charge in [-0.1, -0.05) is 31.2 Å². The average Bonchev–Trinajstić information content (AvgIpc) is 2.89. The van der Waals surface area contributed by atoms with Gasteiger partial charge in [-0.05, 0) is 36.9 Å². The highest BCUT2D eigenvalue weighted by Gasteiger charge is 2.17. The number of rotatable bonds is 5. The zero-order chi connectivity index (χ0) is 12.8. The molecule has 0 aliphatic carbocycles. The van der Waals surface area contributed by atoms with E-state index in [1.807, 2.05) is 12.1 Å². The van der Waals surface area contributed by atoms with Gasteiger partial charge in [-0.3, -0.25) is 4.79 Å². The van der Waals surface area contributed by atoms with Crippen molar-refractivity contribution in [1.82, 2.24) is 10.6 Å². The summed E-state index contributed by atoms with van der Waals surface area (Å²) in [5, 5.41) is 6.37. The third kappa shape index (κ3) is 3.57. The number of carbonyl (C=O) groups is 1. The Morgan fingerprint density at radius 1 is 1.39 bits per heavy atom. The first kappa shape index (κ1) is 13.1. The summed E-state index contributed by atoms with van der Waals surface area (Å²) in [6, 6.07) is 8.67. The molecule has 1 fully saturated rings. The van der Waals surface area contributed by atoms with E-state index in [4.69, 9.17) is 0 Å². The molecule has 1 aromatic rings. The van der Waals surface area contributed by atoms with Crippen LogP contribution in [0, 0.1) is 0 Å². The highest BCUT2D eigenvalue weighted by molar-refractivity contribution is 5.76. The van der Waals surface area contributed by atoms with Gasteiger partial charge in [0.1, 0.15) is 0 Å². The summed E-state index contributed by atoms with van der Waals surface area (Å²) >= 11 is 0. The van der Waals surface area contributed by atoms with Gasteiger partial charge < -0.3 is 10.6 Å². The van der Waals surface area contributed by atoms with Crippen molar-refractivity contribution >= 4 is 5.91 Å².